The van der Waals surface area contributed by atoms with E-state index in [1.54, 1.807) is 0 Å². The SMILES string of the molecule is CCC1=CC(N)C(=O)c2c(C)cccc21. The third-order valence-electron chi connectivity index (χ3n) is 2.93. The Kier molecular flexibility index (Phi) is 2.45. The third-order valence-corrected chi connectivity index (χ3v) is 2.93. The summed E-state index contributed by atoms with van der Waals surface area (Å²) in [7, 11) is 0. The number of ketones is 1. The van der Waals surface area contributed by atoms with Gasteiger partial charge in [-0.25, -0.2) is 0 Å². The molecule has 1 unspecified atom stereocenters. The Morgan fingerprint density at radius 1 is 1.40 bits per heavy atom. The number of nitrogens with two attached hydrogens (primary N) is 1. The van der Waals surface area contributed by atoms with Crippen LogP contribution in [0.3, 0.4) is 0 Å². The second-order valence-electron chi connectivity index (χ2n) is 3.93. The lowest BCUT2D eigenvalue weighted by Crippen LogP contribution is -2.32. The van der Waals surface area contributed by atoms with Gasteiger partial charge < -0.3 is 5.73 Å². The first-order valence-corrected chi connectivity index (χ1v) is 5.25. The smallest absolute Gasteiger partial charge is 0.184 e. The summed E-state index contributed by atoms with van der Waals surface area (Å²) >= 11 is 0. The van der Waals surface area contributed by atoms with Crippen LogP contribution in [0.4, 0.5) is 0 Å². The summed E-state index contributed by atoms with van der Waals surface area (Å²) < 4.78 is 0. The lowest BCUT2D eigenvalue weighted by molar-refractivity contribution is 0.0975. The zero-order valence-electron chi connectivity index (χ0n) is 9.08. The molecule has 1 aliphatic rings. The van der Waals surface area contributed by atoms with Gasteiger partial charge in [0.2, 0.25) is 0 Å². The zero-order valence-corrected chi connectivity index (χ0v) is 9.08. The van der Waals surface area contributed by atoms with Gasteiger partial charge >= 0.3 is 0 Å². The van der Waals surface area contributed by atoms with Gasteiger partial charge in [-0.05, 0) is 30.0 Å². The monoisotopic (exact) mass is 201 g/mol. The Morgan fingerprint density at radius 3 is 2.80 bits per heavy atom. The quantitative estimate of drug-likeness (QED) is 0.757. The molecule has 0 radical (unpaired) electrons. The van der Waals surface area contributed by atoms with E-state index in [4.69, 9.17) is 5.73 Å². The number of aryl methyl sites for hydroxylation is 1. The van der Waals surface area contributed by atoms with Gasteiger partial charge in [0, 0.05) is 5.56 Å². The molecule has 0 fully saturated rings. The van der Waals surface area contributed by atoms with E-state index in [0.717, 1.165) is 23.1 Å². The molecule has 1 atom stereocenters. The molecule has 2 rings (SSSR count). The van der Waals surface area contributed by atoms with E-state index in [9.17, 15) is 4.79 Å². The Balaban J connectivity index is 2.68. The second kappa shape index (κ2) is 3.63. The molecule has 0 saturated heterocycles. The molecule has 0 saturated carbocycles. The maximum absolute atomic E-state index is 11.9. The molecule has 1 aliphatic carbocycles. The van der Waals surface area contributed by atoms with Gasteiger partial charge in [0.05, 0.1) is 6.04 Å². The lowest BCUT2D eigenvalue weighted by atomic mass is 9.84. The molecule has 15 heavy (non-hydrogen) atoms. The summed E-state index contributed by atoms with van der Waals surface area (Å²) in [6.45, 7) is 4.04. The van der Waals surface area contributed by atoms with Crippen molar-refractivity contribution >= 4 is 11.4 Å². The molecular formula is C13H15NO. The van der Waals surface area contributed by atoms with E-state index < -0.39 is 6.04 Å². The van der Waals surface area contributed by atoms with E-state index in [1.165, 1.54) is 5.57 Å². The van der Waals surface area contributed by atoms with Gasteiger partial charge in [0.1, 0.15) is 0 Å². The van der Waals surface area contributed by atoms with Gasteiger partial charge in [0.25, 0.3) is 0 Å². The van der Waals surface area contributed by atoms with Crippen LogP contribution in [0.25, 0.3) is 5.57 Å². The Hall–Kier alpha value is -1.41. The zero-order chi connectivity index (χ0) is 11.0. The molecule has 1 aromatic rings. The highest BCUT2D eigenvalue weighted by Gasteiger charge is 2.25. The van der Waals surface area contributed by atoms with Crippen LogP contribution < -0.4 is 5.73 Å². The predicted octanol–water partition coefficient (Wildman–Crippen LogP) is 2.31. The van der Waals surface area contributed by atoms with E-state index >= 15 is 0 Å². The van der Waals surface area contributed by atoms with Crippen molar-refractivity contribution < 1.29 is 4.79 Å². The van der Waals surface area contributed by atoms with Crippen LogP contribution in [-0.2, 0) is 0 Å². The van der Waals surface area contributed by atoms with Crippen molar-refractivity contribution in [2.24, 2.45) is 5.73 Å². The molecule has 1 aromatic carbocycles. The average molecular weight is 201 g/mol. The Morgan fingerprint density at radius 2 is 2.13 bits per heavy atom. The highest BCUT2D eigenvalue weighted by atomic mass is 16.1. The minimum absolute atomic E-state index is 0.0419. The van der Waals surface area contributed by atoms with Crippen LogP contribution in [0.2, 0.25) is 0 Å². The van der Waals surface area contributed by atoms with Crippen molar-refractivity contribution in [2.45, 2.75) is 26.3 Å². The van der Waals surface area contributed by atoms with Crippen molar-refractivity contribution in [1.29, 1.82) is 0 Å². The maximum atomic E-state index is 11.9. The molecule has 2 heteroatoms. The van der Waals surface area contributed by atoms with E-state index in [1.807, 2.05) is 31.2 Å². The maximum Gasteiger partial charge on any atom is 0.184 e. The van der Waals surface area contributed by atoms with Crippen LogP contribution in [0.15, 0.2) is 24.3 Å². The number of hydrogen-bond donors (Lipinski definition) is 1. The van der Waals surface area contributed by atoms with Crippen LogP contribution in [0, 0.1) is 6.92 Å². The van der Waals surface area contributed by atoms with Gasteiger partial charge in [-0.3, -0.25) is 4.79 Å². The van der Waals surface area contributed by atoms with Crippen LogP contribution >= 0.6 is 0 Å². The van der Waals surface area contributed by atoms with Crippen molar-refractivity contribution in [3.63, 3.8) is 0 Å². The highest BCUT2D eigenvalue weighted by molar-refractivity contribution is 6.09. The van der Waals surface area contributed by atoms with Crippen molar-refractivity contribution in [1.82, 2.24) is 0 Å². The fraction of sp³-hybridized carbons (Fsp3) is 0.308. The summed E-state index contributed by atoms with van der Waals surface area (Å²) in [4.78, 5) is 11.9. The van der Waals surface area contributed by atoms with Gasteiger partial charge in [-0.1, -0.05) is 31.2 Å². The molecule has 2 N–H and O–H groups in total. The fourth-order valence-corrected chi connectivity index (χ4v) is 2.12. The van der Waals surface area contributed by atoms with Gasteiger partial charge in [-0.2, -0.15) is 0 Å². The molecule has 0 amide bonds. The minimum Gasteiger partial charge on any atom is -0.318 e. The first-order valence-electron chi connectivity index (χ1n) is 5.25. The minimum atomic E-state index is -0.464. The summed E-state index contributed by atoms with van der Waals surface area (Å²) in [6, 6.07) is 5.49. The van der Waals surface area contributed by atoms with Crippen LogP contribution in [0.5, 0.6) is 0 Å². The van der Waals surface area contributed by atoms with Crippen LogP contribution in [0.1, 0.15) is 34.8 Å². The van der Waals surface area contributed by atoms with E-state index in [0.29, 0.717) is 0 Å². The molecule has 0 heterocycles. The molecule has 0 aliphatic heterocycles. The molecule has 2 nitrogen and oxygen atoms in total. The summed E-state index contributed by atoms with van der Waals surface area (Å²) in [5.41, 5.74) is 9.87. The third kappa shape index (κ3) is 1.51. The average Bonchev–Trinajstić information content (AvgIpc) is 2.23. The highest BCUT2D eigenvalue weighted by Crippen LogP contribution is 2.29. The normalized spacial score (nSPS) is 19.8. The summed E-state index contributed by atoms with van der Waals surface area (Å²) in [6.07, 6.45) is 2.79. The number of rotatable bonds is 1. The standard InChI is InChI=1S/C13H15NO/c1-3-9-7-11(14)13(15)12-8(2)5-4-6-10(9)12/h4-7,11H,3,14H2,1-2H3. The van der Waals surface area contributed by atoms with Crippen LogP contribution in [-0.4, -0.2) is 11.8 Å². The second-order valence-corrected chi connectivity index (χ2v) is 3.93. The predicted molar refractivity (Wildman–Crippen MR) is 61.8 cm³/mol. The number of carbonyl (C=O) groups is 1. The molecular weight excluding hydrogens is 186 g/mol. The van der Waals surface area contributed by atoms with Gasteiger partial charge in [-0.15, -0.1) is 0 Å². The molecule has 0 bridgehead atoms. The van der Waals surface area contributed by atoms with Crippen molar-refractivity contribution in [2.75, 3.05) is 0 Å². The first-order chi connectivity index (χ1) is 7.15. The molecule has 0 aromatic heterocycles. The summed E-state index contributed by atoms with van der Waals surface area (Å²) in [5.74, 6) is 0.0419. The number of allylic oxidation sites excluding steroid dienone is 1. The van der Waals surface area contributed by atoms with Gasteiger partial charge in [0.15, 0.2) is 5.78 Å². The number of carbonyl (C=O) groups excluding carboxylic acids is 1. The number of benzene rings is 1. The Bertz CT molecular complexity index is 446. The number of Topliss-reactive ketones (excluding diaryl/α,β-unsaturated/α-hetero) is 1. The largest absolute Gasteiger partial charge is 0.318 e. The molecule has 78 valence electrons. The van der Waals surface area contributed by atoms with Crippen molar-refractivity contribution in [3.05, 3.63) is 41.0 Å². The fourth-order valence-electron chi connectivity index (χ4n) is 2.12. The molecule has 0 spiro atoms. The van der Waals surface area contributed by atoms with Crippen molar-refractivity contribution in [3.8, 4) is 0 Å². The number of hydrogen-bond acceptors (Lipinski definition) is 2. The Labute approximate surface area is 89.8 Å². The first kappa shape index (κ1) is 10.1. The van der Waals surface area contributed by atoms with E-state index in [2.05, 4.69) is 6.92 Å². The lowest BCUT2D eigenvalue weighted by Gasteiger charge is -2.21. The summed E-state index contributed by atoms with van der Waals surface area (Å²) in [5, 5.41) is 0. The topological polar surface area (TPSA) is 43.1 Å². The number of fused-ring (bicyclic) bond motifs is 1. The van der Waals surface area contributed by atoms with E-state index in [-0.39, 0.29) is 5.78 Å².